The largest absolute Gasteiger partial charge is 0.416 e. The zero-order chi connectivity index (χ0) is 25.7. The third kappa shape index (κ3) is 4.58. The Morgan fingerprint density at radius 1 is 1.08 bits per heavy atom. The molecule has 1 atom stereocenters. The molecular weight excluding hydrogens is 493 g/mol. The Bertz CT molecular complexity index is 1580. The van der Waals surface area contributed by atoms with E-state index in [-0.39, 0.29) is 22.8 Å². The van der Waals surface area contributed by atoms with Crippen LogP contribution in [0.25, 0.3) is 22.3 Å². The molecule has 11 heteroatoms. The Morgan fingerprint density at radius 3 is 2.50 bits per heavy atom. The molecule has 186 valence electrons. The molecule has 0 aliphatic carbocycles. The molecule has 2 aromatic carbocycles. The second-order valence-corrected chi connectivity index (χ2v) is 11.0. The van der Waals surface area contributed by atoms with E-state index in [1.165, 1.54) is 12.1 Å². The second-order valence-electron chi connectivity index (χ2n) is 8.74. The lowest BCUT2D eigenvalue weighted by Crippen LogP contribution is -2.15. The third-order valence-electron chi connectivity index (χ3n) is 6.15. The van der Waals surface area contributed by atoms with Crippen LogP contribution in [0.4, 0.5) is 18.9 Å². The van der Waals surface area contributed by atoms with Gasteiger partial charge in [0, 0.05) is 11.3 Å². The van der Waals surface area contributed by atoms with Gasteiger partial charge >= 0.3 is 6.18 Å². The van der Waals surface area contributed by atoms with Crippen LogP contribution in [0.1, 0.15) is 34.1 Å². The first-order chi connectivity index (χ1) is 17.0. The highest BCUT2D eigenvalue weighted by Gasteiger charge is 2.33. The van der Waals surface area contributed by atoms with Crippen molar-refractivity contribution in [2.75, 3.05) is 16.8 Å². The summed E-state index contributed by atoms with van der Waals surface area (Å²) >= 11 is 0. The van der Waals surface area contributed by atoms with Gasteiger partial charge in [0.25, 0.3) is 5.91 Å². The third-order valence-corrected chi connectivity index (χ3v) is 7.90. The minimum absolute atomic E-state index is 0.00650. The summed E-state index contributed by atoms with van der Waals surface area (Å²) < 4.78 is 65.3. The van der Waals surface area contributed by atoms with Crippen molar-refractivity contribution in [3.05, 3.63) is 77.5 Å². The van der Waals surface area contributed by atoms with Crippen LogP contribution < -0.4 is 5.32 Å². The highest BCUT2D eigenvalue weighted by Crippen LogP contribution is 2.33. The van der Waals surface area contributed by atoms with Gasteiger partial charge in [-0.1, -0.05) is 36.4 Å². The number of carbonyl (C=O) groups excluding carboxylic acids is 1. The summed E-state index contributed by atoms with van der Waals surface area (Å²) in [5.41, 5.74) is 1.29. The average molecular weight is 515 g/mol. The van der Waals surface area contributed by atoms with Gasteiger partial charge in [0.15, 0.2) is 15.5 Å². The van der Waals surface area contributed by atoms with Crippen LogP contribution in [-0.2, 0) is 16.0 Å². The molecule has 1 fully saturated rings. The first kappa shape index (κ1) is 24.0. The van der Waals surface area contributed by atoms with Gasteiger partial charge in [-0.15, -0.1) is 0 Å². The van der Waals surface area contributed by atoms with Gasteiger partial charge in [0.2, 0.25) is 0 Å². The minimum atomic E-state index is -4.55. The van der Waals surface area contributed by atoms with Gasteiger partial charge in [-0.3, -0.25) is 4.79 Å². The van der Waals surface area contributed by atoms with E-state index < -0.39 is 33.5 Å². The number of benzene rings is 2. The van der Waals surface area contributed by atoms with E-state index in [1.807, 2.05) is 30.3 Å². The number of nitrogens with zero attached hydrogens (tertiary/aromatic N) is 3. The summed E-state index contributed by atoms with van der Waals surface area (Å²) in [5, 5.41) is 7.51. The number of sulfone groups is 1. The van der Waals surface area contributed by atoms with Crippen molar-refractivity contribution in [3.63, 3.8) is 0 Å². The molecule has 1 unspecified atom stereocenters. The number of carbonyl (C=O) groups is 1. The lowest BCUT2D eigenvalue weighted by Gasteiger charge is -2.13. The number of fused-ring (bicyclic) bond motifs is 1. The Morgan fingerprint density at radius 2 is 1.83 bits per heavy atom. The molecule has 5 rings (SSSR count). The Hall–Kier alpha value is -3.73. The highest BCUT2D eigenvalue weighted by molar-refractivity contribution is 7.91. The topological polar surface area (TPSA) is 93.9 Å². The van der Waals surface area contributed by atoms with Crippen molar-refractivity contribution in [2.24, 2.45) is 0 Å². The van der Waals surface area contributed by atoms with Gasteiger partial charge in [-0.05, 0) is 37.6 Å². The summed E-state index contributed by atoms with van der Waals surface area (Å²) in [5.74, 6) is -0.661. The van der Waals surface area contributed by atoms with Crippen molar-refractivity contribution >= 4 is 32.5 Å². The number of nitrogens with one attached hydrogen (secondary N) is 1. The quantitative estimate of drug-likeness (QED) is 0.412. The van der Waals surface area contributed by atoms with E-state index in [4.69, 9.17) is 4.98 Å². The zero-order valence-electron chi connectivity index (χ0n) is 19.1. The molecule has 36 heavy (non-hydrogen) atoms. The molecule has 2 aromatic heterocycles. The maximum atomic E-state index is 13.4. The fraction of sp³-hybridized carbons (Fsp3) is 0.240. The van der Waals surface area contributed by atoms with Crippen LogP contribution in [0, 0.1) is 6.92 Å². The number of aryl methyl sites for hydroxylation is 1. The normalized spacial score (nSPS) is 17.4. The molecule has 0 radical (unpaired) electrons. The Kier molecular flexibility index (Phi) is 5.82. The van der Waals surface area contributed by atoms with E-state index in [9.17, 15) is 26.4 Å². The monoisotopic (exact) mass is 514 g/mol. The summed E-state index contributed by atoms with van der Waals surface area (Å²) in [6.07, 6.45) is -4.17. The molecule has 1 saturated heterocycles. The van der Waals surface area contributed by atoms with Gasteiger partial charge in [-0.25, -0.2) is 18.1 Å². The first-order valence-electron chi connectivity index (χ1n) is 11.2. The molecule has 0 bridgehead atoms. The fourth-order valence-corrected chi connectivity index (χ4v) is 6.14. The first-order valence-corrected chi connectivity index (χ1v) is 13.0. The number of halogens is 3. The fourth-order valence-electron chi connectivity index (χ4n) is 4.44. The van der Waals surface area contributed by atoms with Crippen molar-refractivity contribution in [1.82, 2.24) is 14.8 Å². The van der Waals surface area contributed by atoms with E-state index in [1.54, 1.807) is 17.7 Å². The van der Waals surface area contributed by atoms with Crippen molar-refractivity contribution in [1.29, 1.82) is 0 Å². The van der Waals surface area contributed by atoms with Gasteiger partial charge in [0.1, 0.15) is 0 Å². The molecule has 1 N–H and O–H groups in total. The van der Waals surface area contributed by atoms with Crippen LogP contribution in [0.15, 0.2) is 60.7 Å². The van der Waals surface area contributed by atoms with Crippen LogP contribution in [0.2, 0.25) is 0 Å². The summed E-state index contributed by atoms with van der Waals surface area (Å²) in [7, 11) is -3.21. The smallest absolute Gasteiger partial charge is 0.322 e. The van der Waals surface area contributed by atoms with E-state index in [0.29, 0.717) is 28.8 Å². The summed E-state index contributed by atoms with van der Waals surface area (Å²) in [6, 6.07) is 14.6. The van der Waals surface area contributed by atoms with Crippen LogP contribution in [-0.4, -0.2) is 40.6 Å². The summed E-state index contributed by atoms with van der Waals surface area (Å²) in [6.45, 7) is 1.69. The average Bonchev–Trinajstić information content (AvgIpc) is 3.37. The van der Waals surface area contributed by atoms with Crippen LogP contribution in [0.3, 0.4) is 0 Å². The number of rotatable bonds is 4. The predicted molar refractivity (Wildman–Crippen MR) is 129 cm³/mol. The molecule has 3 heterocycles. The van der Waals surface area contributed by atoms with Crippen molar-refractivity contribution in [3.8, 4) is 11.3 Å². The molecule has 1 aliphatic rings. The number of hydrogen-bond donors (Lipinski definition) is 1. The zero-order valence-corrected chi connectivity index (χ0v) is 19.9. The number of anilines is 1. The van der Waals surface area contributed by atoms with Gasteiger partial charge < -0.3 is 5.32 Å². The van der Waals surface area contributed by atoms with Gasteiger partial charge in [-0.2, -0.15) is 18.3 Å². The molecule has 7 nitrogen and oxygen atoms in total. The number of alkyl halides is 3. The minimum Gasteiger partial charge on any atom is -0.322 e. The van der Waals surface area contributed by atoms with Gasteiger partial charge in [0.05, 0.1) is 45.4 Å². The number of pyridine rings is 1. The maximum Gasteiger partial charge on any atom is 0.416 e. The standard InChI is InChI=1S/C25H21F3N4O3S/c1-15-22-20(24(33)29-18-9-5-8-17(12-18)25(26,27)28)13-21(16-6-3-2-4-7-16)30-23(22)32(31-15)19-10-11-36(34,35)14-19/h2-9,12-13,19H,10-11,14H2,1H3,(H,29,33). The molecular formula is C25H21F3N4O3S. The molecule has 1 aliphatic heterocycles. The maximum absolute atomic E-state index is 13.4. The Labute approximate surface area is 204 Å². The number of hydrogen-bond acceptors (Lipinski definition) is 5. The number of amides is 1. The molecule has 1 amide bonds. The SMILES string of the molecule is Cc1nn(C2CCS(=O)(=O)C2)c2nc(-c3ccccc3)cc(C(=O)Nc3cccc(C(F)(F)F)c3)c12. The lowest BCUT2D eigenvalue weighted by molar-refractivity contribution is -0.137. The van der Waals surface area contributed by atoms with Crippen LogP contribution >= 0.6 is 0 Å². The summed E-state index contributed by atoms with van der Waals surface area (Å²) in [4.78, 5) is 18.1. The van der Waals surface area contributed by atoms with Crippen molar-refractivity contribution in [2.45, 2.75) is 25.6 Å². The second kappa shape index (κ2) is 8.74. The molecule has 0 saturated carbocycles. The van der Waals surface area contributed by atoms with E-state index >= 15 is 0 Å². The Balaban J connectivity index is 1.64. The van der Waals surface area contributed by atoms with E-state index in [2.05, 4.69) is 10.4 Å². The molecule has 4 aromatic rings. The van der Waals surface area contributed by atoms with Crippen molar-refractivity contribution < 1.29 is 26.4 Å². The van der Waals surface area contributed by atoms with E-state index in [0.717, 1.165) is 17.7 Å². The predicted octanol–water partition coefficient (Wildman–Crippen LogP) is 5.04. The van der Waals surface area contributed by atoms with Crippen LogP contribution in [0.5, 0.6) is 0 Å². The number of aromatic nitrogens is 3. The lowest BCUT2D eigenvalue weighted by atomic mass is 10.0. The molecule has 0 spiro atoms. The highest BCUT2D eigenvalue weighted by atomic mass is 32.2.